The van der Waals surface area contributed by atoms with Crippen molar-refractivity contribution in [2.75, 3.05) is 3.53 Å². The van der Waals surface area contributed by atoms with Crippen LogP contribution in [0.4, 0.5) is 5.69 Å². The van der Waals surface area contributed by atoms with E-state index in [2.05, 4.69) is 3.53 Å². The molecule has 0 amide bonds. The Balaban J connectivity index is 3.01. The van der Waals surface area contributed by atoms with Crippen LogP contribution >= 0.6 is 34.5 Å². The Morgan fingerprint density at radius 2 is 2.27 bits per heavy atom. The maximum Gasteiger partial charge on any atom is 0.252 e. The van der Waals surface area contributed by atoms with E-state index < -0.39 is 5.24 Å². The fourth-order valence-corrected chi connectivity index (χ4v) is 1.15. The van der Waals surface area contributed by atoms with E-state index >= 15 is 0 Å². The maximum absolute atomic E-state index is 10.6. The van der Waals surface area contributed by atoms with Gasteiger partial charge in [0.25, 0.3) is 5.24 Å². The van der Waals surface area contributed by atoms with Gasteiger partial charge >= 0.3 is 0 Å². The molecule has 0 aliphatic carbocycles. The second-order valence-corrected chi connectivity index (χ2v) is 2.83. The average Bonchev–Trinajstić information content (AvgIpc) is 2.05. The molecule has 0 aliphatic rings. The van der Waals surface area contributed by atoms with Gasteiger partial charge in [-0.25, -0.2) is 0 Å². The number of carbonyl (C=O) groups excluding carboxylic acids is 1. The Labute approximate surface area is 83.4 Å². The first kappa shape index (κ1) is 8.80. The van der Waals surface area contributed by atoms with E-state index in [4.69, 9.17) is 11.6 Å². The second-order valence-electron chi connectivity index (χ2n) is 1.95. The van der Waals surface area contributed by atoms with Crippen LogP contribution in [0.5, 0.6) is 0 Å². The second kappa shape index (κ2) is 3.92. The highest BCUT2D eigenvalue weighted by molar-refractivity contribution is 14.1. The molecule has 0 saturated carbocycles. The molecule has 58 valence electrons. The lowest BCUT2D eigenvalue weighted by Gasteiger charge is -1.97. The summed E-state index contributed by atoms with van der Waals surface area (Å²) in [6.45, 7) is 0. The van der Waals surface area contributed by atoms with Crippen LogP contribution in [0.25, 0.3) is 0 Å². The lowest BCUT2D eigenvalue weighted by molar-refractivity contribution is 0.108. The van der Waals surface area contributed by atoms with Crippen LogP contribution in [-0.2, 0) is 0 Å². The minimum absolute atomic E-state index is 0.432. The Morgan fingerprint density at radius 3 is 2.82 bits per heavy atom. The molecule has 1 rings (SSSR count). The van der Waals surface area contributed by atoms with Gasteiger partial charge in [0.1, 0.15) is 0 Å². The molecule has 0 fully saturated rings. The normalized spacial score (nSPS) is 9.27. The number of halogens is 2. The summed E-state index contributed by atoms with van der Waals surface area (Å²) in [5, 5.41) is -0.432. The number of carbonyl (C=O) groups is 1. The highest BCUT2D eigenvalue weighted by atomic mass is 127. The van der Waals surface area contributed by atoms with Gasteiger partial charge in [-0.3, -0.25) is 4.79 Å². The zero-order valence-electron chi connectivity index (χ0n) is 5.47. The predicted molar refractivity (Wildman–Crippen MR) is 54.3 cm³/mol. The minimum atomic E-state index is -0.432. The number of hydrogen-bond acceptors (Lipinski definition) is 2. The Hall–Kier alpha value is -0.290. The zero-order valence-corrected chi connectivity index (χ0v) is 8.39. The summed E-state index contributed by atoms with van der Waals surface area (Å²) >= 11 is 7.25. The monoisotopic (exact) mass is 281 g/mol. The molecule has 0 aliphatic heterocycles. The molecule has 0 saturated heterocycles. The number of anilines is 1. The van der Waals surface area contributed by atoms with Crippen molar-refractivity contribution in [3.05, 3.63) is 29.8 Å². The third-order valence-electron chi connectivity index (χ3n) is 1.20. The molecule has 0 radical (unpaired) electrons. The maximum atomic E-state index is 10.6. The van der Waals surface area contributed by atoms with Crippen molar-refractivity contribution in [1.29, 1.82) is 0 Å². The molecule has 2 nitrogen and oxygen atoms in total. The van der Waals surface area contributed by atoms with Crippen molar-refractivity contribution >= 4 is 45.4 Å². The lowest BCUT2D eigenvalue weighted by Crippen LogP contribution is -1.88. The third-order valence-corrected chi connectivity index (χ3v) is 2.04. The van der Waals surface area contributed by atoms with Gasteiger partial charge in [-0.1, -0.05) is 6.07 Å². The molecule has 0 bridgehead atoms. The van der Waals surface area contributed by atoms with E-state index in [1.165, 1.54) is 0 Å². The van der Waals surface area contributed by atoms with Crippen LogP contribution < -0.4 is 3.53 Å². The summed E-state index contributed by atoms with van der Waals surface area (Å²) in [6, 6.07) is 7.00. The summed E-state index contributed by atoms with van der Waals surface area (Å²) in [4.78, 5) is 10.6. The molecule has 1 aromatic rings. The molecule has 4 heteroatoms. The van der Waals surface area contributed by atoms with Crippen molar-refractivity contribution in [2.24, 2.45) is 0 Å². The van der Waals surface area contributed by atoms with E-state index in [1.807, 2.05) is 28.9 Å². The first-order valence-electron chi connectivity index (χ1n) is 2.90. The summed E-state index contributed by atoms with van der Waals surface area (Å²) < 4.78 is 2.88. The van der Waals surface area contributed by atoms with Gasteiger partial charge < -0.3 is 3.53 Å². The standard InChI is InChI=1S/C7H5ClINO/c8-7(11)5-2-1-3-6(4-5)10-9/h1-4,10H. The van der Waals surface area contributed by atoms with E-state index in [0.29, 0.717) is 5.56 Å². The summed E-state index contributed by atoms with van der Waals surface area (Å²) in [5.74, 6) is 0. The first-order valence-corrected chi connectivity index (χ1v) is 4.36. The number of nitrogens with one attached hydrogen (secondary N) is 1. The highest BCUT2D eigenvalue weighted by Crippen LogP contribution is 2.13. The molecular weight excluding hydrogens is 276 g/mol. The number of rotatable bonds is 2. The van der Waals surface area contributed by atoms with E-state index in [1.54, 1.807) is 18.2 Å². The van der Waals surface area contributed by atoms with Crippen LogP contribution in [0.15, 0.2) is 24.3 Å². The van der Waals surface area contributed by atoms with Crippen LogP contribution in [-0.4, -0.2) is 5.24 Å². The summed E-state index contributed by atoms with van der Waals surface area (Å²) in [7, 11) is 0. The fraction of sp³-hybridized carbons (Fsp3) is 0. The van der Waals surface area contributed by atoms with Gasteiger partial charge in [0.2, 0.25) is 0 Å². The molecule has 0 heterocycles. The number of benzene rings is 1. The molecule has 0 unspecified atom stereocenters. The van der Waals surface area contributed by atoms with Crippen molar-refractivity contribution < 1.29 is 4.79 Å². The van der Waals surface area contributed by atoms with Gasteiger partial charge in [-0.15, -0.1) is 0 Å². The third kappa shape index (κ3) is 2.34. The van der Waals surface area contributed by atoms with Gasteiger partial charge in [0.15, 0.2) is 0 Å². The largest absolute Gasteiger partial charge is 0.328 e. The van der Waals surface area contributed by atoms with Crippen LogP contribution in [0.2, 0.25) is 0 Å². The van der Waals surface area contributed by atoms with Crippen LogP contribution in [0.1, 0.15) is 10.4 Å². The highest BCUT2D eigenvalue weighted by Gasteiger charge is 2.00. The SMILES string of the molecule is O=C(Cl)c1cccc(NI)c1. The molecule has 0 aromatic heterocycles. The number of hydrogen-bond donors (Lipinski definition) is 1. The van der Waals surface area contributed by atoms with E-state index in [0.717, 1.165) is 5.69 Å². The van der Waals surface area contributed by atoms with Crippen molar-refractivity contribution in [1.82, 2.24) is 0 Å². The zero-order chi connectivity index (χ0) is 8.27. The van der Waals surface area contributed by atoms with Gasteiger partial charge in [0, 0.05) is 11.3 Å². The van der Waals surface area contributed by atoms with Crippen molar-refractivity contribution in [2.45, 2.75) is 0 Å². The molecule has 0 atom stereocenters. The predicted octanol–water partition coefficient (Wildman–Crippen LogP) is 2.83. The smallest absolute Gasteiger partial charge is 0.252 e. The van der Waals surface area contributed by atoms with Crippen LogP contribution in [0.3, 0.4) is 0 Å². The molecule has 11 heavy (non-hydrogen) atoms. The van der Waals surface area contributed by atoms with Gasteiger partial charge in [-0.2, -0.15) is 0 Å². The Morgan fingerprint density at radius 1 is 1.55 bits per heavy atom. The topological polar surface area (TPSA) is 29.1 Å². The van der Waals surface area contributed by atoms with E-state index in [-0.39, 0.29) is 0 Å². The van der Waals surface area contributed by atoms with Gasteiger partial charge in [-0.05, 0) is 29.8 Å². The summed E-state index contributed by atoms with van der Waals surface area (Å²) in [5.41, 5.74) is 1.38. The Kier molecular flexibility index (Phi) is 3.14. The molecular formula is C7H5ClINO. The van der Waals surface area contributed by atoms with Crippen molar-refractivity contribution in [3.8, 4) is 0 Å². The summed E-state index contributed by atoms with van der Waals surface area (Å²) in [6.07, 6.45) is 0. The fourth-order valence-electron chi connectivity index (χ4n) is 0.700. The van der Waals surface area contributed by atoms with E-state index in [9.17, 15) is 4.79 Å². The van der Waals surface area contributed by atoms with Gasteiger partial charge in [0.05, 0.1) is 22.9 Å². The Bertz CT molecular complexity index is 277. The first-order chi connectivity index (χ1) is 5.24. The molecule has 1 aromatic carbocycles. The average molecular weight is 281 g/mol. The lowest BCUT2D eigenvalue weighted by atomic mass is 10.2. The van der Waals surface area contributed by atoms with Crippen molar-refractivity contribution in [3.63, 3.8) is 0 Å². The molecule has 1 N–H and O–H groups in total. The quantitative estimate of drug-likeness (QED) is 0.513. The minimum Gasteiger partial charge on any atom is -0.328 e. The van der Waals surface area contributed by atoms with Crippen LogP contribution in [0, 0.1) is 0 Å². The molecule has 0 spiro atoms.